The van der Waals surface area contributed by atoms with Gasteiger partial charge >= 0.3 is 0 Å². The van der Waals surface area contributed by atoms with Gasteiger partial charge < -0.3 is 15.2 Å². The van der Waals surface area contributed by atoms with E-state index >= 15 is 0 Å². The fraction of sp³-hybridized carbons (Fsp3) is 0.750. The quantitative estimate of drug-likeness (QED) is 0.439. The van der Waals surface area contributed by atoms with Crippen molar-refractivity contribution in [1.29, 1.82) is 0 Å². The van der Waals surface area contributed by atoms with Crippen LogP contribution in [0.25, 0.3) is 0 Å². The smallest absolute Gasteiger partial charge is 0.191 e. The average molecular weight is 291 g/mol. The third-order valence-corrected chi connectivity index (χ3v) is 4.08. The number of hydrogen-bond donors (Lipinski definition) is 2. The normalized spacial score (nSPS) is 16.3. The van der Waals surface area contributed by atoms with Crippen LogP contribution < -0.4 is 10.6 Å². The van der Waals surface area contributed by atoms with Gasteiger partial charge in [-0.05, 0) is 25.7 Å². The van der Waals surface area contributed by atoms with Crippen LogP contribution >= 0.6 is 0 Å². The summed E-state index contributed by atoms with van der Waals surface area (Å²) < 4.78 is 2.07. The van der Waals surface area contributed by atoms with Crippen molar-refractivity contribution >= 4 is 5.96 Å². The molecule has 118 valence electrons. The van der Waals surface area contributed by atoms with Crippen molar-refractivity contribution in [2.75, 3.05) is 19.6 Å². The maximum atomic E-state index is 4.66. The van der Waals surface area contributed by atoms with E-state index in [-0.39, 0.29) is 0 Å². The van der Waals surface area contributed by atoms with Gasteiger partial charge in [-0.1, -0.05) is 25.7 Å². The Bertz CT molecular complexity index is 393. The van der Waals surface area contributed by atoms with Gasteiger partial charge in [0.2, 0.25) is 0 Å². The lowest BCUT2D eigenvalue weighted by molar-refractivity contribution is 0.487. The zero-order valence-electron chi connectivity index (χ0n) is 13.2. The van der Waals surface area contributed by atoms with Crippen LogP contribution in [0, 0.1) is 5.92 Å². The summed E-state index contributed by atoms with van der Waals surface area (Å²) in [6, 6.07) is 0. The van der Waals surface area contributed by atoms with E-state index in [9.17, 15) is 0 Å². The highest BCUT2D eigenvalue weighted by Gasteiger charge is 2.13. The van der Waals surface area contributed by atoms with Gasteiger partial charge in [-0.25, -0.2) is 4.98 Å². The Morgan fingerprint density at radius 3 is 2.90 bits per heavy atom. The predicted molar refractivity (Wildman–Crippen MR) is 87.4 cm³/mol. The van der Waals surface area contributed by atoms with E-state index in [1.54, 1.807) is 0 Å². The number of guanidine groups is 1. The molecule has 2 rings (SSSR count). The zero-order chi connectivity index (χ0) is 14.8. The minimum absolute atomic E-state index is 0.866. The third kappa shape index (κ3) is 6.19. The maximum absolute atomic E-state index is 4.66. The molecule has 1 aromatic heterocycles. The van der Waals surface area contributed by atoms with Crippen LogP contribution in [0.1, 0.15) is 45.4 Å². The van der Waals surface area contributed by atoms with E-state index in [2.05, 4.69) is 32.1 Å². The van der Waals surface area contributed by atoms with Crippen molar-refractivity contribution in [2.45, 2.75) is 52.0 Å². The van der Waals surface area contributed by atoms with Gasteiger partial charge in [0.15, 0.2) is 5.96 Å². The molecule has 5 nitrogen and oxygen atoms in total. The van der Waals surface area contributed by atoms with Gasteiger partial charge in [-0.2, -0.15) is 0 Å². The van der Waals surface area contributed by atoms with Crippen molar-refractivity contribution < 1.29 is 0 Å². The summed E-state index contributed by atoms with van der Waals surface area (Å²) in [7, 11) is 0. The molecule has 1 heterocycles. The molecule has 0 atom stereocenters. The first-order valence-corrected chi connectivity index (χ1v) is 8.36. The van der Waals surface area contributed by atoms with E-state index in [1.165, 1.54) is 38.5 Å². The summed E-state index contributed by atoms with van der Waals surface area (Å²) in [5.74, 6) is 1.90. The Labute approximate surface area is 128 Å². The van der Waals surface area contributed by atoms with E-state index in [0.29, 0.717) is 0 Å². The number of nitrogens with one attached hydrogen (secondary N) is 2. The molecule has 1 aliphatic carbocycles. The van der Waals surface area contributed by atoms with Crippen LogP contribution in [0.2, 0.25) is 0 Å². The minimum atomic E-state index is 0.866. The number of rotatable bonds is 8. The zero-order valence-corrected chi connectivity index (χ0v) is 13.2. The fourth-order valence-electron chi connectivity index (χ4n) is 2.93. The van der Waals surface area contributed by atoms with Crippen molar-refractivity contribution in [3.05, 3.63) is 18.7 Å². The van der Waals surface area contributed by atoms with E-state index in [4.69, 9.17) is 0 Å². The van der Waals surface area contributed by atoms with Crippen LogP contribution in [-0.4, -0.2) is 35.1 Å². The van der Waals surface area contributed by atoms with Crippen molar-refractivity contribution in [3.8, 4) is 0 Å². The molecule has 1 saturated carbocycles. The molecule has 0 aliphatic heterocycles. The van der Waals surface area contributed by atoms with Gasteiger partial charge in [0.25, 0.3) is 0 Å². The second-order valence-electron chi connectivity index (χ2n) is 5.78. The lowest BCUT2D eigenvalue weighted by Crippen LogP contribution is -2.38. The lowest BCUT2D eigenvalue weighted by Gasteiger charge is -2.12. The monoisotopic (exact) mass is 291 g/mol. The van der Waals surface area contributed by atoms with Gasteiger partial charge in [0, 0.05) is 38.6 Å². The first-order valence-electron chi connectivity index (χ1n) is 8.36. The van der Waals surface area contributed by atoms with Crippen LogP contribution in [0.15, 0.2) is 23.7 Å². The molecule has 0 aromatic carbocycles. The number of imidazole rings is 1. The minimum Gasteiger partial charge on any atom is -0.357 e. The van der Waals surface area contributed by atoms with Crippen LogP contribution in [0.5, 0.6) is 0 Å². The van der Waals surface area contributed by atoms with Crippen molar-refractivity contribution in [1.82, 2.24) is 20.2 Å². The Balaban J connectivity index is 1.63. The summed E-state index contributed by atoms with van der Waals surface area (Å²) in [6.45, 7) is 5.71. The summed E-state index contributed by atoms with van der Waals surface area (Å²) in [5, 5.41) is 6.68. The third-order valence-electron chi connectivity index (χ3n) is 4.08. The highest BCUT2D eigenvalue weighted by Crippen LogP contribution is 2.28. The highest BCUT2D eigenvalue weighted by molar-refractivity contribution is 5.79. The first-order chi connectivity index (χ1) is 10.4. The Morgan fingerprint density at radius 1 is 1.33 bits per heavy atom. The second-order valence-corrected chi connectivity index (χ2v) is 5.78. The standard InChI is InChI=1S/C16H29N5/c1-2-18-16(20-11-13-21-12-10-17-14-21)19-9-5-8-15-6-3-4-7-15/h10,12,14-15H,2-9,11,13H2,1H3,(H2,18,19,20). The Morgan fingerprint density at radius 2 is 2.19 bits per heavy atom. The Hall–Kier alpha value is -1.52. The molecule has 0 amide bonds. The van der Waals surface area contributed by atoms with Gasteiger partial charge in [-0.3, -0.25) is 4.99 Å². The molecule has 1 fully saturated rings. The number of aliphatic imine (C=N–C) groups is 1. The van der Waals surface area contributed by atoms with E-state index < -0.39 is 0 Å². The molecule has 0 radical (unpaired) electrons. The van der Waals surface area contributed by atoms with Gasteiger partial charge in [0.05, 0.1) is 6.33 Å². The maximum Gasteiger partial charge on any atom is 0.191 e. The summed E-state index contributed by atoms with van der Waals surface area (Å²) in [4.78, 5) is 8.71. The van der Waals surface area contributed by atoms with Gasteiger partial charge in [-0.15, -0.1) is 0 Å². The topological polar surface area (TPSA) is 54.2 Å². The largest absolute Gasteiger partial charge is 0.357 e. The van der Waals surface area contributed by atoms with Crippen LogP contribution in [0.4, 0.5) is 0 Å². The van der Waals surface area contributed by atoms with Gasteiger partial charge in [0.1, 0.15) is 0 Å². The van der Waals surface area contributed by atoms with Crippen LogP contribution in [0.3, 0.4) is 0 Å². The Kier molecular flexibility index (Phi) is 7.12. The molecule has 21 heavy (non-hydrogen) atoms. The summed E-state index contributed by atoms with van der Waals surface area (Å²) in [6.07, 6.45) is 13.9. The molecule has 1 aromatic rings. The summed E-state index contributed by atoms with van der Waals surface area (Å²) in [5.41, 5.74) is 0. The second kappa shape index (κ2) is 9.42. The van der Waals surface area contributed by atoms with Crippen LogP contribution in [-0.2, 0) is 6.54 Å². The molecule has 1 aliphatic rings. The lowest BCUT2D eigenvalue weighted by atomic mass is 10.0. The number of aromatic nitrogens is 2. The highest BCUT2D eigenvalue weighted by atomic mass is 15.2. The summed E-state index contributed by atoms with van der Waals surface area (Å²) >= 11 is 0. The van der Waals surface area contributed by atoms with E-state index in [0.717, 1.165) is 38.1 Å². The number of nitrogens with zero attached hydrogens (tertiary/aromatic N) is 3. The van der Waals surface area contributed by atoms with Crippen molar-refractivity contribution in [3.63, 3.8) is 0 Å². The molecule has 0 saturated heterocycles. The van der Waals surface area contributed by atoms with E-state index in [1.807, 2.05) is 18.7 Å². The molecule has 0 unspecified atom stereocenters. The average Bonchev–Trinajstić information content (AvgIpc) is 3.17. The molecule has 2 N–H and O–H groups in total. The molecule has 0 bridgehead atoms. The molecule has 0 spiro atoms. The fourth-order valence-corrected chi connectivity index (χ4v) is 2.93. The molecular formula is C16H29N5. The molecule has 5 heteroatoms. The predicted octanol–water partition coefficient (Wildman–Crippen LogP) is 2.41. The first kappa shape index (κ1) is 15.9. The molecular weight excluding hydrogens is 262 g/mol. The number of hydrogen-bond acceptors (Lipinski definition) is 2. The van der Waals surface area contributed by atoms with Crippen molar-refractivity contribution in [2.24, 2.45) is 10.9 Å². The SMILES string of the molecule is CCNC(=NCCCC1CCCC1)NCCn1ccnc1.